The molecule has 0 aliphatic rings. The second kappa shape index (κ2) is 7.46. The quantitative estimate of drug-likeness (QED) is 0.242. The van der Waals surface area contributed by atoms with Gasteiger partial charge in [0.1, 0.15) is 0 Å². The van der Waals surface area contributed by atoms with E-state index in [2.05, 4.69) is 10.7 Å². The lowest BCUT2D eigenvalue weighted by molar-refractivity contribution is -0.384. The Morgan fingerprint density at radius 1 is 1.22 bits per heavy atom. The third-order valence-electron chi connectivity index (χ3n) is 2.46. The Morgan fingerprint density at radius 3 is 2.56 bits per heavy atom. The monoisotopic (exact) mass is 254 g/mol. The summed E-state index contributed by atoms with van der Waals surface area (Å²) in [5.41, 5.74) is 3.53. The molecule has 0 spiro atoms. The Balaban J connectivity index is 2.58. The molecule has 1 aromatic carbocycles. The van der Waals surface area contributed by atoms with Crippen LogP contribution in [0.25, 0.3) is 0 Å². The molecule has 0 aromatic heterocycles. The van der Waals surface area contributed by atoms with Gasteiger partial charge in [-0.2, -0.15) is 0 Å². The van der Waals surface area contributed by atoms with Gasteiger partial charge in [0.15, 0.2) is 0 Å². The Labute approximate surface area is 105 Å². The number of non-ortho nitro benzene ring substituents is 1. The Kier molecular flexibility index (Phi) is 5.89. The minimum atomic E-state index is -0.461. The number of nitrogens with one attached hydrogen (secondary N) is 2. The molecular weight excluding hydrogens is 236 g/mol. The number of nitro benzene ring substituents is 1. The number of anilines is 2. The van der Waals surface area contributed by atoms with Crippen molar-refractivity contribution in [2.24, 2.45) is 5.84 Å². The third-order valence-corrected chi connectivity index (χ3v) is 2.46. The topological polar surface area (TPSA) is 113 Å². The van der Waals surface area contributed by atoms with Gasteiger partial charge in [0.05, 0.1) is 10.6 Å². The SMILES string of the molecule is NNc1cc(NCCCCCO)cc([N+](=O)[O-])c1. The molecule has 0 bridgehead atoms. The molecule has 1 rings (SSSR count). The molecule has 0 saturated heterocycles. The molecule has 0 fully saturated rings. The first-order valence-corrected chi connectivity index (χ1v) is 5.78. The van der Waals surface area contributed by atoms with Crippen LogP contribution in [-0.4, -0.2) is 23.2 Å². The molecule has 0 aliphatic heterocycles. The first kappa shape index (κ1) is 14.2. The Hall–Kier alpha value is -1.86. The van der Waals surface area contributed by atoms with Gasteiger partial charge in [-0.15, -0.1) is 0 Å². The summed E-state index contributed by atoms with van der Waals surface area (Å²) in [5, 5.41) is 22.4. The summed E-state index contributed by atoms with van der Waals surface area (Å²) in [6.07, 6.45) is 2.58. The lowest BCUT2D eigenvalue weighted by Gasteiger charge is -2.08. The highest BCUT2D eigenvalue weighted by Gasteiger charge is 2.08. The van der Waals surface area contributed by atoms with Crippen molar-refractivity contribution in [1.82, 2.24) is 0 Å². The van der Waals surface area contributed by atoms with Crippen LogP contribution < -0.4 is 16.6 Å². The maximum Gasteiger partial charge on any atom is 0.273 e. The molecule has 0 saturated carbocycles. The van der Waals surface area contributed by atoms with Crippen molar-refractivity contribution >= 4 is 17.1 Å². The number of hydrogen-bond donors (Lipinski definition) is 4. The number of nitro groups is 1. The van der Waals surface area contributed by atoms with Crippen molar-refractivity contribution in [1.29, 1.82) is 0 Å². The van der Waals surface area contributed by atoms with Gasteiger partial charge in [-0.3, -0.25) is 16.0 Å². The number of rotatable bonds is 8. The van der Waals surface area contributed by atoms with E-state index in [1.54, 1.807) is 6.07 Å². The van der Waals surface area contributed by atoms with E-state index in [1.807, 2.05) is 0 Å². The summed E-state index contributed by atoms with van der Waals surface area (Å²) in [6, 6.07) is 4.54. The lowest BCUT2D eigenvalue weighted by Crippen LogP contribution is -2.08. The van der Waals surface area contributed by atoms with E-state index in [0.29, 0.717) is 17.9 Å². The summed E-state index contributed by atoms with van der Waals surface area (Å²) < 4.78 is 0. The van der Waals surface area contributed by atoms with Crippen molar-refractivity contribution in [3.63, 3.8) is 0 Å². The van der Waals surface area contributed by atoms with Gasteiger partial charge in [-0.05, 0) is 25.3 Å². The summed E-state index contributed by atoms with van der Waals surface area (Å²) in [6.45, 7) is 0.892. The highest BCUT2D eigenvalue weighted by molar-refractivity contribution is 5.63. The fraction of sp³-hybridized carbons (Fsp3) is 0.455. The fourth-order valence-electron chi connectivity index (χ4n) is 1.55. The highest BCUT2D eigenvalue weighted by Crippen LogP contribution is 2.23. The summed E-state index contributed by atoms with van der Waals surface area (Å²) in [7, 11) is 0. The highest BCUT2D eigenvalue weighted by atomic mass is 16.6. The molecule has 0 atom stereocenters. The Morgan fingerprint density at radius 2 is 1.94 bits per heavy atom. The third kappa shape index (κ3) is 4.56. The molecule has 18 heavy (non-hydrogen) atoms. The summed E-state index contributed by atoms with van der Waals surface area (Å²) in [4.78, 5) is 10.3. The molecule has 0 unspecified atom stereocenters. The summed E-state index contributed by atoms with van der Waals surface area (Å²) >= 11 is 0. The van der Waals surface area contributed by atoms with Crippen molar-refractivity contribution in [2.75, 3.05) is 23.9 Å². The van der Waals surface area contributed by atoms with E-state index < -0.39 is 4.92 Å². The van der Waals surface area contributed by atoms with Gasteiger partial charge in [0, 0.05) is 31.0 Å². The van der Waals surface area contributed by atoms with E-state index in [-0.39, 0.29) is 12.3 Å². The fourth-order valence-corrected chi connectivity index (χ4v) is 1.55. The number of aliphatic hydroxyl groups excluding tert-OH is 1. The predicted molar refractivity (Wildman–Crippen MR) is 70.3 cm³/mol. The number of hydrogen-bond acceptors (Lipinski definition) is 6. The molecule has 100 valence electrons. The average molecular weight is 254 g/mol. The number of benzene rings is 1. The molecule has 7 nitrogen and oxygen atoms in total. The van der Waals surface area contributed by atoms with Gasteiger partial charge in [-0.1, -0.05) is 0 Å². The number of nitrogens with two attached hydrogens (primary N) is 1. The minimum absolute atomic E-state index is 0.0108. The molecule has 1 aromatic rings. The second-order valence-corrected chi connectivity index (χ2v) is 3.88. The van der Waals surface area contributed by atoms with Crippen LogP contribution in [0.3, 0.4) is 0 Å². The molecular formula is C11H18N4O3. The maximum atomic E-state index is 10.7. The van der Waals surface area contributed by atoms with Gasteiger partial charge in [0.2, 0.25) is 0 Å². The lowest BCUT2D eigenvalue weighted by atomic mass is 10.2. The van der Waals surface area contributed by atoms with Crippen LogP contribution in [0.15, 0.2) is 18.2 Å². The van der Waals surface area contributed by atoms with Crippen LogP contribution in [0, 0.1) is 10.1 Å². The standard InChI is InChI=1S/C11H18N4O3/c12-14-10-6-9(7-11(8-10)15(17)18)13-4-2-1-3-5-16/h6-8,13-14,16H,1-5,12H2. The minimum Gasteiger partial charge on any atom is -0.396 e. The number of hydrazine groups is 1. The van der Waals surface area contributed by atoms with Crippen LogP contribution in [0.2, 0.25) is 0 Å². The van der Waals surface area contributed by atoms with Gasteiger partial charge < -0.3 is 15.8 Å². The predicted octanol–water partition coefficient (Wildman–Crippen LogP) is 1.45. The van der Waals surface area contributed by atoms with E-state index >= 15 is 0 Å². The van der Waals surface area contributed by atoms with Crippen molar-refractivity contribution in [3.05, 3.63) is 28.3 Å². The van der Waals surface area contributed by atoms with Crippen LogP contribution in [0.4, 0.5) is 17.1 Å². The van der Waals surface area contributed by atoms with Gasteiger partial charge in [-0.25, -0.2) is 0 Å². The zero-order valence-electron chi connectivity index (χ0n) is 10.1. The molecule has 0 amide bonds. The number of nitrogens with zero attached hydrogens (tertiary/aromatic N) is 1. The van der Waals surface area contributed by atoms with Crippen LogP contribution in [-0.2, 0) is 0 Å². The first-order chi connectivity index (χ1) is 8.67. The van der Waals surface area contributed by atoms with Crippen molar-refractivity contribution in [2.45, 2.75) is 19.3 Å². The first-order valence-electron chi connectivity index (χ1n) is 5.78. The second-order valence-electron chi connectivity index (χ2n) is 3.88. The van der Waals surface area contributed by atoms with Gasteiger partial charge >= 0.3 is 0 Å². The molecule has 0 radical (unpaired) electrons. The van der Waals surface area contributed by atoms with Gasteiger partial charge in [0.25, 0.3) is 5.69 Å². The normalized spacial score (nSPS) is 10.1. The zero-order valence-corrected chi connectivity index (χ0v) is 10.1. The van der Waals surface area contributed by atoms with E-state index in [4.69, 9.17) is 10.9 Å². The largest absolute Gasteiger partial charge is 0.396 e. The van der Waals surface area contributed by atoms with Crippen LogP contribution >= 0.6 is 0 Å². The Bertz CT molecular complexity index is 398. The molecule has 0 heterocycles. The molecule has 7 heteroatoms. The van der Waals surface area contributed by atoms with E-state index in [0.717, 1.165) is 19.3 Å². The van der Waals surface area contributed by atoms with Crippen molar-refractivity contribution in [3.8, 4) is 0 Å². The maximum absolute atomic E-state index is 10.7. The van der Waals surface area contributed by atoms with E-state index in [9.17, 15) is 10.1 Å². The molecule has 0 aliphatic carbocycles. The number of unbranched alkanes of at least 4 members (excludes halogenated alkanes) is 2. The van der Waals surface area contributed by atoms with Crippen molar-refractivity contribution < 1.29 is 10.0 Å². The number of aliphatic hydroxyl groups is 1. The van der Waals surface area contributed by atoms with E-state index in [1.165, 1.54) is 12.1 Å². The zero-order chi connectivity index (χ0) is 13.4. The number of nitrogen functional groups attached to an aromatic ring is 1. The molecule has 5 N–H and O–H groups in total. The van der Waals surface area contributed by atoms with Crippen LogP contribution in [0.5, 0.6) is 0 Å². The smallest absolute Gasteiger partial charge is 0.273 e. The summed E-state index contributed by atoms with van der Waals surface area (Å²) in [5.74, 6) is 5.25. The van der Waals surface area contributed by atoms with Crippen LogP contribution in [0.1, 0.15) is 19.3 Å². The average Bonchev–Trinajstić information content (AvgIpc) is 2.38.